The summed E-state index contributed by atoms with van der Waals surface area (Å²) >= 11 is 1.49. The van der Waals surface area contributed by atoms with Gasteiger partial charge in [0.2, 0.25) is 11.8 Å². The summed E-state index contributed by atoms with van der Waals surface area (Å²) in [6.45, 7) is 0.826. The molecule has 6 nitrogen and oxygen atoms in total. The van der Waals surface area contributed by atoms with E-state index < -0.39 is 11.9 Å². The number of amides is 2. The highest BCUT2D eigenvalue weighted by molar-refractivity contribution is 8.00. The molecule has 0 unspecified atom stereocenters. The van der Waals surface area contributed by atoms with E-state index >= 15 is 0 Å². The summed E-state index contributed by atoms with van der Waals surface area (Å²) in [5, 5.41) is 8.83. The molecule has 1 N–H and O–H groups in total. The second kappa shape index (κ2) is 4.95. The number of carboxylic acids is 1. The summed E-state index contributed by atoms with van der Waals surface area (Å²) < 4.78 is 0. The van der Waals surface area contributed by atoms with Crippen LogP contribution in [-0.2, 0) is 14.4 Å². The first-order valence-electron chi connectivity index (χ1n) is 5.44. The fourth-order valence-corrected chi connectivity index (χ4v) is 2.90. The monoisotopic (exact) mass is 258 g/mol. The molecule has 0 aromatic heterocycles. The third-order valence-electron chi connectivity index (χ3n) is 3.04. The molecular formula is C10H14N2O4S. The van der Waals surface area contributed by atoms with Crippen LogP contribution in [0.3, 0.4) is 0 Å². The van der Waals surface area contributed by atoms with Crippen LogP contribution in [0.25, 0.3) is 0 Å². The predicted molar refractivity (Wildman–Crippen MR) is 61.4 cm³/mol. The molecule has 94 valence electrons. The fraction of sp³-hybridized carbons (Fsp3) is 0.700. The second-order valence-corrected chi connectivity index (χ2v) is 5.19. The molecule has 0 spiro atoms. The number of aliphatic carboxylic acids is 1. The Kier molecular flexibility index (Phi) is 3.56. The molecule has 1 atom stereocenters. The molecule has 0 aliphatic carbocycles. The Labute approximate surface area is 103 Å². The van der Waals surface area contributed by atoms with Crippen molar-refractivity contribution in [2.45, 2.75) is 6.42 Å². The van der Waals surface area contributed by atoms with E-state index in [-0.39, 0.29) is 24.9 Å². The lowest BCUT2D eigenvalue weighted by Gasteiger charge is -2.20. The van der Waals surface area contributed by atoms with Crippen molar-refractivity contribution in [1.29, 1.82) is 0 Å². The zero-order valence-corrected chi connectivity index (χ0v) is 10.1. The van der Waals surface area contributed by atoms with Crippen LogP contribution in [-0.4, -0.2) is 64.0 Å². The molecule has 2 amide bonds. The number of carboxylic acid groups (broad SMARTS) is 1. The van der Waals surface area contributed by atoms with Gasteiger partial charge in [-0.2, -0.15) is 0 Å². The summed E-state index contributed by atoms with van der Waals surface area (Å²) in [7, 11) is 0. The first-order valence-corrected chi connectivity index (χ1v) is 6.59. The molecule has 2 saturated heterocycles. The van der Waals surface area contributed by atoms with Crippen LogP contribution in [0.4, 0.5) is 0 Å². The minimum Gasteiger partial charge on any atom is -0.481 e. The number of hydrogen-bond acceptors (Lipinski definition) is 4. The smallest absolute Gasteiger partial charge is 0.308 e. The van der Waals surface area contributed by atoms with Crippen LogP contribution in [0.1, 0.15) is 6.42 Å². The first-order chi connectivity index (χ1) is 8.08. The van der Waals surface area contributed by atoms with Gasteiger partial charge in [-0.15, -0.1) is 11.8 Å². The van der Waals surface area contributed by atoms with Gasteiger partial charge in [-0.25, -0.2) is 0 Å². The summed E-state index contributed by atoms with van der Waals surface area (Å²) in [6.07, 6.45) is 0.504. The SMILES string of the molecule is O=C(O)[C@@H]1CCN(C(=O)CN2CSCC2=O)C1. The molecule has 2 aliphatic rings. The van der Waals surface area contributed by atoms with Crippen LogP contribution in [0.5, 0.6) is 0 Å². The van der Waals surface area contributed by atoms with Crippen molar-refractivity contribution >= 4 is 29.5 Å². The average Bonchev–Trinajstić information content (AvgIpc) is 2.88. The third kappa shape index (κ3) is 2.71. The largest absolute Gasteiger partial charge is 0.481 e. The maximum absolute atomic E-state index is 11.8. The molecule has 0 saturated carbocycles. The van der Waals surface area contributed by atoms with Crippen LogP contribution >= 0.6 is 11.8 Å². The van der Waals surface area contributed by atoms with E-state index in [0.29, 0.717) is 24.6 Å². The standard InChI is InChI=1S/C10H14N2O4S/c13-8(4-12-6-17-5-9(12)14)11-2-1-7(3-11)10(15)16/h7H,1-6H2,(H,15,16)/t7-/m1/s1. The fourth-order valence-electron chi connectivity index (χ4n) is 1.99. The summed E-state index contributed by atoms with van der Waals surface area (Å²) in [5.74, 6) is -0.483. The number of rotatable bonds is 3. The number of thioether (sulfide) groups is 1. The van der Waals surface area contributed by atoms with E-state index in [1.54, 1.807) is 0 Å². The number of hydrogen-bond donors (Lipinski definition) is 1. The Morgan fingerprint density at radius 2 is 2.24 bits per heavy atom. The molecular weight excluding hydrogens is 244 g/mol. The molecule has 0 bridgehead atoms. The molecule has 17 heavy (non-hydrogen) atoms. The molecule has 7 heteroatoms. The van der Waals surface area contributed by atoms with Crippen LogP contribution in [0, 0.1) is 5.92 Å². The van der Waals surface area contributed by atoms with Gasteiger partial charge < -0.3 is 14.9 Å². The molecule has 2 rings (SSSR count). The van der Waals surface area contributed by atoms with Crippen molar-refractivity contribution in [2.24, 2.45) is 5.92 Å². The van der Waals surface area contributed by atoms with Gasteiger partial charge in [-0.05, 0) is 6.42 Å². The van der Waals surface area contributed by atoms with Gasteiger partial charge in [0, 0.05) is 13.1 Å². The highest BCUT2D eigenvalue weighted by Gasteiger charge is 2.32. The lowest BCUT2D eigenvalue weighted by Crippen LogP contribution is -2.40. The van der Waals surface area contributed by atoms with Crippen LogP contribution in [0.2, 0.25) is 0 Å². The van der Waals surface area contributed by atoms with Crippen molar-refractivity contribution in [2.75, 3.05) is 31.3 Å². The summed E-state index contributed by atoms with van der Waals surface area (Å²) in [4.78, 5) is 37.0. The lowest BCUT2D eigenvalue weighted by atomic mass is 10.1. The zero-order chi connectivity index (χ0) is 12.4. The van der Waals surface area contributed by atoms with E-state index in [0.717, 1.165) is 0 Å². The van der Waals surface area contributed by atoms with Crippen molar-refractivity contribution in [1.82, 2.24) is 9.80 Å². The van der Waals surface area contributed by atoms with E-state index in [9.17, 15) is 14.4 Å². The summed E-state index contributed by atoms with van der Waals surface area (Å²) in [6, 6.07) is 0. The van der Waals surface area contributed by atoms with E-state index in [1.807, 2.05) is 0 Å². The number of likely N-dealkylation sites (tertiary alicyclic amines) is 1. The number of nitrogens with zero attached hydrogens (tertiary/aromatic N) is 2. The number of carbonyl (C=O) groups excluding carboxylic acids is 2. The Balaban J connectivity index is 1.85. The number of carbonyl (C=O) groups is 3. The van der Waals surface area contributed by atoms with Crippen molar-refractivity contribution < 1.29 is 19.5 Å². The normalized spacial score (nSPS) is 24.5. The van der Waals surface area contributed by atoms with Gasteiger partial charge in [0.05, 0.1) is 17.5 Å². The average molecular weight is 258 g/mol. The highest BCUT2D eigenvalue weighted by atomic mass is 32.2. The third-order valence-corrected chi connectivity index (χ3v) is 3.99. The molecule has 2 fully saturated rings. The summed E-state index contributed by atoms with van der Waals surface area (Å²) in [5.41, 5.74) is 0. The quantitative estimate of drug-likeness (QED) is 0.735. The van der Waals surface area contributed by atoms with Crippen molar-refractivity contribution in [3.63, 3.8) is 0 Å². The van der Waals surface area contributed by atoms with Crippen LogP contribution in [0.15, 0.2) is 0 Å². The van der Waals surface area contributed by atoms with E-state index in [4.69, 9.17) is 5.11 Å². The molecule has 0 aromatic carbocycles. The second-order valence-electron chi connectivity index (χ2n) is 4.23. The maximum Gasteiger partial charge on any atom is 0.308 e. The van der Waals surface area contributed by atoms with Gasteiger partial charge in [0.1, 0.15) is 6.54 Å². The minimum absolute atomic E-state index is 0.0164. The predicted octanol–water partition coefficient (Wildman–Crippen LogP) is -0.548. The van der Waals surface area contributed by atoms with Crippen molar-refractivity contribution in [3.05, 3.63) is 0 Å². The van der Waals surface area contributed by atoms with E-state index in [1.165, 1.54) is 21.6 Å². The maximum atomic E-state index is 11.8. The molecule has 0 aromatic rings. The Morgan fingerprint density at radius 3 is 2.76 bits per heavy atom. The van der Waals surface area contributed by atoms with Gasteiger partial charge in [0.15, 0.2) is 0 Å². The molecule has 2 heterocycles. The van der Waals surface area contributed by atoms with Gasteiger partial charge in [-0.3, -0.25) is 14.4 Å². The van der Waals surface area contributed by atoms with E-state index in [2.05, 4.69) is 0 Å². The zero-order valence-electron chi connectivity index (χ0n) is 9.29. The molecule has 2 aliphatic heterocycles. The Hall–Kier alpha value is -1.24. The van der Waals surface area contributed by atoms with Gasteiger partial charge >= 0.3 is 5.97 Å². The Bertz CT molecular complexity index is 360. The lowest BCUT2D eigenvalue weighted by molar-refractivity contribution is -0.142. The Morgan fingerprint density at radius 1 is 1.47 bits per heavy atom. The van der Waals surface area contributed by atoms with Crippen LogP contribution < -0.4 is 0 Å². The first kappa shape index (κ1) is 12.2. The molecule has 0 radical (unpaired) electrons. The van der Waals surface area contributed by atoms with Gasteiger partial charge in [-0.1, -0.05) is 0 Å². The topological polar surface area (TPSA) is 77.9 Å². The highest BCUT2D eigenvalue weighted by Crippen LogP contribution is 2.18. The minimum atomic E-state index is -0.854. The van der Waals surface area contributed by atoms with Crippen molar-refractivity contribution in [3.8, 4) is 0 Å². The van der Waals surface area contributed by atoms with Gasteiger partial charge in [0.25, 0.3) is 0 Å².